The van der Waals surface area contributed by atoms with E-state index in [-0.39, 0.29) is 0 Å². The van der Waals surface area contributed by atoms with Crippen LogP contribution in [-0.2, 0) is 0 Å². The largest absolute Gasteiger partial charge is 0.330 e. The number of unbranched alkanes of at least 4 members (excludes halogenated alkanes) is 1. The average Bonchev–Trinajstić information content (AvgIpc) is 1.89. The lowest BCUT2D eigenvalue weighted by atomic mass is 10.4. The lowest BCUT2D eigenvalue weighted by Crippen LogP contribution is -1.99. The summed E-state index contributed by atoms with van der Waals surface area (Å²) in [6, 6.07) is 0. The van der Waals surface area contributed by atoms with E-state index in [2.05, 4.69) is 11.9 Å². The fourth-order valence-corrected chi connectivity index (χ4v) is 0.494. The van der Waals surface area contributed by atoms with E-state index in [0.29, 0.717) is 0 Å². The summed E-state index contributed by atoms with van der Waals surface area (Å²) >= 11 is 0. The highest BCUT2D eigenvalue weighted by Crippen LogP contribution is 1.82. The first-order chi connectivity index (χ1) is 4.41. The number of nitrogens with zero attached hydrogens (tertiary/aromatic N) is 1. The first-order valence-corrected chi connectivity index (χ1v) is 3.60. The zero-order chi connectivity index (χ0) is 6.95. The van der Waals surface area contributed by atoms with E-state index in [1.807, 2.05) is 6.21 Å². The minimum absolute atomic E-state index is 0.753. The van der Waals surface area contributed by atoms with Gasteiger partial charge in [0.05, 0.1) is 0 Å². The first-order valence-electron chi connectivity index (χ1n) is 3.60. The highest BCUT2D eigenvalue weighted by atomic mass is 14.7. The molecular formula is C7H16N2. The Morgan fingerprint density at radius 1 is 1.56 bits per heavy atom. The number of hydrogen-bond acceptors (Lipinski definition) is 2. The molecule has 0 aromatic heterocycles. The highest BCUT2D eigenvalue weighted by molar-refractivity contribution is 5.56. The van der Waals surface area contributed by atoms with E-state index >= 15 is 0 Å². The standard InChI is InChI=1S/C7H16N2/c1-2-3-6-9-7-4-5-8/h6H,2-5,7-8H2,1H3/b9-6-. The fourth-order valence-electron chi connectivity index (χ4n) is 0.494. The van der Waals surface area contributed by atoms with Crippen molar-refractivity contribution in [3.63, 3.8) is 0 Å². The van der Waals surface area contributed by atoms with Crippen molar-refractivity contribution in [2.45, 2.75) is 26.2 Å². The number of aliphatic imine (C=N–C) groups is 1. The zero-order valence-electron chi connectivity index (χ0n) is 6.14. The molecule has 0 aliphatic heterocycles. The Morgan fingerprint density at radius 2 is 2.33 bits per heavy atom. The van der Waals surface area contributed by atoms with Crippen LogP contribution in [0.4, 0.5) is 0 Å². The summed E-state index contributed by atoms with van der Waals surface area (Å²) in [5.74, 6) is 0. The molecule has 9 heavy (non-hydrogen) atoms. The van der Waals surface area contributed by atoms with Crippen LogP contribution in [0, 0.1) is 0 Å². The van der Waals surface area contributed by atoms with Gasteiger partial charge in [0.2, 0.25) is 0 Å². The average molecular weight is 128 g/mol. The Kier molecular flexibility index (Phi) is 7.32. The minimum Gasteiger partial charge on any atom is -0.330 e. The molecule has 0 aliphatic rings. The Labute approximate surface area is 57.2 Å². The van der Waals surface area contributed by atoms with E-state index < -0.39 is 0 Å². The monoisotopic (exact) mass is 128 g/mol. The lowest BCUT2D eigenvalue weighted by Gasteiger charge is -1.88. The van der Waals surface area contributed by atoms with Gasteiger partial charge in [-0.05, 0) is 25.6 Å². The third-order valence-corrected chi connectivity index (χ3v) is 1.04. The maximum atomic E-state index is 5.27. The molecule has 2 nitrogen and oxygen atoms in total. The maximum absolute atomic E-state index is 5.27. The van der Waals surface area contributed by atoms with Crippen LogP contribution in [0.25, 0.3) is 0 Å². The van der Waals surface area contributed by atoms with E-state index in [1.54, 1.807) is 0 Å². The summed E-state index contributed by atoms with van der Waals surface area (Å²) in [6.45, 7) is 3.80. The van der Waals surface area contributed by atoms with Crippen molar-refractivity contribution in [3.8, 4) is 0 Å². The SMILES string of the molecule is CCC/C=N\CCCN. The molecule has 2 N–H and O–H groups in total. The van der Waals surface area contributed by atoms with E-state index in [0.717, 1.165) is 25.9 Å². The molecule has 0 fully saturated rings. The van der Waals surface area contributed by atoms with Gasteiger partial charge in [-0.1, -0.05) is 13.3 Å². The van der Waals surface area contributed by atoms with Crippen molar-refractivity contribution >= 4 is 6.21 Å². The summed E-state index contributed by atoms with van der Waals surface area (Å²) in [5, 5.41) is 0. The minimum atomic E-state index is 0.753. The van der Waals surface area contributed by atoms with Gasteiger partial charge in [0.15, 0.2) is 0 Å². The predicted molar refractivity (Wildman–Crippen MR) is 41.9 cm³/mol. The number of hydrogen-bond donors (Lipinski definition) is 1. The Bertz CT molecular complexity index is 69.3. The number of rotatable bonds is 5. The molecule has 0 aromatic carbocycles. The van der Waals surface area contributed by atoms with Crippen molar-refractivity contribution in [1.29, 1.82) is 0 Å². The second-order valence-corrected chi connectivity index (χ2v) is 2.02. The summed E-state index contributed by atoms with van der Waals surface area (Å²) in [4.78, 5) is 4.15. The van der Waals surface area contributed by atoms with Crippen LogP contribution in [-0.4, -0.2) is 19.3 Å². The molecule has 0 bridgehead atoms. The molecule has 0 rings (SSSR count). The second-order valence-electron chi connectivity index (χ2n) is 2.02. The van der Waals surface area contributed by atoms with Crippen molar-refractivity contribution < 1.29 is 0 Å². The molecule has 0 aromatic rings. The molecule has 0 spiro atoms. The molecule has 0 heterocycles. The van der Waals surface area contributed by atoms with E-state index in [9.17, 15) is 0 Å². The van der Waals surface area contributed by atoms with Crippen LogP contribution in [0.5, 0.6) is 0 Å². The van der Waals surface area contributed by atoms with Crippen molar-refractivity contribution in [3.05, 3.63) is 0 Å². The van der Waals surface area contributed by atoms with Gasteiger partial charge in [-0.25, -0.2) is 0 Å². The predicted octanol–water partition coefficient (Wildman–Crippen LogP) is 1.21. The lowest BCUT2D eigenvalue weighted by molar-refractivity contribution is 0.842. The Hall–Kier alpha value is -0.370. The molecule has 0 saturated heterocycles. The van der Waals surface area contributed by atoms with Gasteiger partial charge in [-0.3, -0.25) is 4.99 Å². The quantitative estimate of drug-likeness (QED) is 0.438. The fraction of sp³-hybridized carbons (Fsp3) is 0.857. The Morgan fingerprint density at radius 3 is 2.89 bits per heavy atom. The molecule has 2 heteroatoms. The molecule has 0 atom stereocenters. The van der Waals surface area contributed by atoms with Crippen molar-refractivity contribution in [2.24, 2.45) is 10.7 Å². The van der Waals surface area contributed by atoms with Crippen LogP contribution in [0.2, 0.25) is 0 Å². The summed E-state index contributed by atoms with van der Waals surface area (Å²) in [6.07, 6.45) is 5.28. The van der Waals surface area contributed by atoms with Crippen LogP contribution in [0.1, 0.15) is 26.2 Å². The molecule has 0 radical (unpaired) electrons. The van der Waals surface area contributed by atoms with Gasteiger partial charge < -0.3 is 5.73 Å². The van der Waals surface area contributed by atoms with Gasteiger partial charge in [0.25, 0.3) is 0 Å². The second kappa shape index (κ2) is 7.63. The van der Waals surface area contributed by atoms with Gasteiger partial charge in [-0.15, -0.1) is 0 Å². The summed E-state index contributed by atoms with van der Waals surface area (Å²) in [5.41, 5.74) is 5.27. The van der Waals surface area contributed by atoms with Crippen LogP contribution >= 0.6 is 0 Å². The molecule has 0 saturated carbocycles. The normalized spacial score (nSPS) is 10.9. The van der Waals surface area contributed by atoms with Gasteiger partial charge >= 0.3 is 0 Å². The molecular weight excluding hydrogens is 112 g/mol. The molecule has 0 unspecified atom stereocenters. The zero-order valence-corrected chi connectivity index (χ0v) is 6.14. The topological polar surface area (TPSA) is 38.4 Å². The molecule has 0 amide bonds. The number of nitrogens with two attached hydrogens (primary N) is 1. The van der Waals surface area contributed by atoms with E-state index in [4.69, 9.17) is 5.73 Å². The third-order valence-electron chi connectivity index (χ3n) is 1.04. The third kappa shape index (κ3) is 7.63. The van der Waals surface area contributed by atoms with Gasteiger partial charge in [0.1, 0.15) is 0 Å². The first kappa shape index (κ1) is 8.63. The maximum Gasteiger partial charge on any atom is 0.0397 e. The van der Waals surface area contributed by atoms with Crippen LogP contribution in [0.15, 0.2) is 4.99 Å². The van der Waals surface area contributed by atoms with Crippen molar-refractivity contribution in [1.82, 2.24) is 0 Å². The molecule has 54 valence electrons. The Balaban J connectivity index is 2.86. The van der Waals surface area contributed by atoms with E-state index in [1.165, 1.54) is 6.42 Å². The summed E-state index contributed by atoms with van der Waals surface area (Å²) in [7, 11) is 0. The highest BCUT2D eigenvalue weighted by Gasteiger charge is 1.76. The smallest absolute Gasteiger partial charge is 0.0397 e. The molecule has 0 aliphatic carbocycles. The van der Waals surface area contributed by atoms with Gasteiger partial charge in [0, 0.05) is 6.54 Å². The van der Waals surface area contributed by atoms with Crippen LogP contribution < -0.4 is 5.73 Å². The van der Waals surface area contributed by atoms with Gasteiger partial charge in [-0.2, -0.15) is 0 Å². The van der Waals surface area contributed by atoms with Crippen molar-refractivity contribution in [2.75, 3.05) is 13.1 Å². The summed E-state index contributed by atoms with van der Waals surface area (Å²) < 4.78 is 0. The van der Waals surface area contributed by atoms with Crippen LogP contribution in [0.3, 0.4) is 0 Å².